The second kappa shape index (κ2) is 8.26. The number of benzene rings is 2. The van der Waals surface area contributed by atoms with Gasteiger partial charge in [-0.05, 0) is 61.9 Å². The van der Waals surface area contributed by atoms with Gasteiger partial charge in [0.1, 0.15) is 0 Å². The monoisotopic (exact) mass is 375 g/mol. The number of hydrogen-bond acceptors (Lipinski definition) is 3. The van der Waals surface area contributed by atoms with Gasteiger partial charge in [-0.1, -0.05) is 42.5 Å². The van der Waals surface area contributed by atoms with Crippen molar-refractivity contribution in [2.24, 2.45) is 0 Å². The van der Waals surface area contributed by atoms with Gasteiger partial charge in [0.2, 0.25) is 0 Å². The van der Waals surface area contributed by atoms with Crippen LogP contribution in [-0.4, -0.2) is 61.2 Å². The third-order valence-electron chi connectivity index (χ3n) is 7.22. The van der Waals surface area contributed by atoms with Crippen molar-refractivity contribution in [2.45, 2.75) is 44.2 Å². The molecule has 0 aromatic heterocycles. The van der Waals surface area contributed by atoms with Gasteiger partial charge in [0, 0.05) is 50.5 Å². The lowest BCUT2D eigenvalue weighted by molar-refractivity contribution is 0.0628. The van der Waals surface area contributed by atoms with Crippen LogP contribution in [-0.2, 0) is 12.8 Å². The molecule has 0 radical (unpaired) electrons. The number of piperidine rings is 1. The first-order valence-electron chi connectivity index (χ1n) is 11.2. The van der Waals surface area contributed by atoms with Crippen molar-refractivity contribution in [3.8, 4) is 0 Å². The van der Waals surface area contributed by atoms with Crippen molar-refractivity contribution in [1.29, 1.82) is 0 Å². The predicted octanol–water partition coefficient (Wildman–Crippen LogP) is 3.83. The Bertz CT molecular complexity index is 766. The number of fused-ring (bicyclic) bond motifs is 1. The zero-order chi connectivity index (χ0) is 18.8. The maximum Gasteiger partial charge on any atom is 0.0367 e. The first-order chi connectivity index (χ1) is 13.9. The smallest absolute Gasteiger partial charge is 0.0367 e. The Balaban J connectivity index is 1.18. The highest BCUT2D eigenvalue weighted by Gasteiger charge is 2.32. The Hall–Kier alpha value is -1.84. The topological polar surface area (TPSA) is 9.72 Å². The number of rotatable bonds is 3. The summed E-state index contributed by atoms with van der Waals surface area (Å²) in [7, 11) is 0. The van der Waals surface area contributed by atoms with Gasteiger partial charge >= 0.3 is 0 Å². The molecule has 0 bridgehead atoms. The maximum atomic E-state index is 2.83. The summed E-state index contributed by atoms with van der Waals surface area (Å²) in [6.07, 6.45) is 6.60. The third kappa shape index (κ3) is 3.83. The molecule has 0 amide bonds. The summed E-state index contributed by atoms with van der Waals surface area (Å²) in [4.78, 5) is 8.16. The lowest BCUT2D eigenvalue weighted by Crippen LogP contribution is -2.57. The Morgan fingerprint density at radius 3 is 2.21 bits per heavy atom. The van der Waals surface area contributed by atoms with Gasteiger partial charge in [-0.15, -0.1) is 0 Å². The molecule has 3 aliphatic rings. The summed E-state index contributed by atoms with van der Waals surface area (Å²) >= 11 is 0. The van der Waals surface area contributed by atoms with E-state index >= 15 is 0 Å². The number of para-hydroxylation sites is 1. The van der Waals surface area contributed by atoms with Crippen molar-refractivity contribution < 1.29 is 0 Å². The van der Waals surface area contributed by atoms with Crippen LogP contribution in [0.2, 0.25) is 0 Å². The molecule has 2 unspecified atom stereocenters. The average Bonchev–Trinajstić information content (AvgIpc) is 2.79. The highest BCUT2D eigenvalue weighted by atomic mass is 15.3. The Kier molecular flexibility index (Phi) is 5.37. The molecular weight excluding hydrogens is 342 g/mol. The molecule has 2 aliphatic heterocycles. The lowest BCUT2D eigenvalue weighted by atomic mass is 9.86. The minimum absolute atomic E-state index is 0.753. The molecular formula is C25H33N3. The summed E-state index contributed by atoms with van der Waals surface area (Å²) in [6.45, 7) is 7.32. The molecule has 1 aliphatic carbocycles. The lowest BCUT2D eigenvalue weighted by Gasteiger charge is -2.46. The Morgan fingerprint density at radius 1 is 0.643 bits per heavy atom. The van der Waals surface area contributed by atoms with Crippen molar-refractivity contribution in [3.63, 3.8) is 0 Å². The fraction of sp³-hybridized carbons (Fsp3) is 0.520. The summed E-state index contributed by atoms with van der Waals surface area (Å²) in [5.41, 5.74) is 4.56. The van der Waals surface area contributed by atoms with E-state index in [9.17, 15) is 0 Å². The Labute approximate surface area is 169 Å². The first kappa shape index (κ1) is 18.2. The SMILES string of the molecule is c1ccc(N2CCN(C3CCCN(C4CCc5ccccc5C4)C3)CC2)cc1. The zero-order valence-corrected chi connectivity index (χ0v) is 17.0. The average molecular weight is 376 g/mol. The molecule has 0 spiro atoms. The Morgan fingerprint density at radius 2 is 1.39 bits per heavy atom. The second-order valence-electron chi connectivity index (χ2n) is 8.81. The highest BCUT2D eigenvalue weighted by molar-refractivity contribution is 5.46. The van der Waals surface area contributed by atoms with E-state index in [-0.39, 0.29) is 0 Å². The van der Waals surface area contributed by atoms with Gasteiger partial charge in [-0.25, -0.2) is 0 Å². The minimum Gasteiger partial charge on any atom is -0.369 e. The molecule has 2 heterocycles. The summed E-state index contributed by atoms with van der Waals surface area (Å²) < 4.78 is 0. The van der Waals surface area contributed by atoms with E-state index in [1.165, 1.54) is 64.0 Å². The first-order valence-corrected chi connectivity index (χ1v) is 11.2. The van der Waals surface area contributed by atoms with Crippen molar-refractivity contribution in [3.05, 3.63) is 65.7 Å². The number of piperazine rings is 1. The molecule has 28 heavy (non-hydrogen) atoms. The predicted molar refractivity (Wildman–Crippen MR) is 117 cm³/mol. The fourth-order valence-electron chi connectivity index (χ4n) is 5.59. The molecule has 2 atom stereocenters. The van der Waals surface area contributed by atoms with Crippen LogP contribution in [0.1, 0.15) is 30.4 Å². The third-order valence-corrected chi connectivity index (χ3v) is 7.22. The van der Waals surface area contributed by atoms with Gasteiger partial charge in [-0.2, -0.15) is 0 Å². The van der Waals surface area contributed by atoms with Gasteiger partial charge in [-0.3, -0.25) is 9.80 Å². The number of aryl methyl sites for hydroxylation is 1. The molecule has 3 nitrogen and oxygen atoms in total. The van der Waals surface area contributed by atoms with Crippen molar-refractivity contribution in [2.75, 3.05) is 44.2 Å². The maximum absolute atomic E-state index is 2.83. The number of anilines is 1. The van der Waals surface area contributed by atoms with E-state index in [4.69, 9.17) is 0 Å². The summed E-state index contributed by atoms with van der Waals surface area (Å²) in [5.74, 6) is 0. The van der Waals surface area contributed by atoms with E-state index < -0.39 is 0 Å². The normalized spacial score (nSPS) is 26.8. The molecule has 2 fully saturated rings. The van der Waals surface area contributed by atoms with Crippen LogP contribution in [0.3, 0.4) is 0 Å². The van der Waals surface area contributed by atoms with Crippen LogP contribution in [0.15, 0.2) is 54.6 Å². The van der Waals surface area contributed by atoms with Crippen LogP contribution >= 0.6 is 0 Å². The highest BCUT2D eigenvalue weighted by Crippen LogP contribution is 2.28. The van der Waals surface area contributed by atoms with Gasteiger partial charge in [0.15, 0.2) is 0 Å². The molecule has 2 aromatic rings. The van der Waals surface area contributed by atoms with Crippen LogP contribution in [0.4, 0.5) is 5.69 Å². The van der Waals surface area contributed by atoms with Crippen LogP contribution in [0.25, 0.3) is 0 Å². The zero-order valence-electron chi connectivity index (χ0n) is 17.0. The van der Waals surface area contributed by atoms with E-state index in [2.05, 4.69) is 69.3 Å². The molecule has 2 aromatic carbocycles. The van der Waals surface area contributed by atoms with Crippen molar-refractivity contribution >= 4 is 5.69 Å². The summed E-state index contributed by atoms with van der Waals surface area (Å²) in [5, 5.41) is 0. The van der Waals surface area contributed by atoms with Gasteiger partial charge in [0.25, 0.3) is 0 Å². The molecule has 148 valence electrons. The molecule has 5 rings (SSSR count). The van der Waals surface area contributed by atoms with E-state index in [1.807, 2.05) is 0 Å². The van der Waals surface area contributed by atoms with Crippen molar-refractivity contribution in [1.82, 2.24) is 9.80 Å². The second-order valence-corrected chi connectivity index (χ2v) is 8.81. The minimum atomic E-state index is 0.753. The van der Waals surface area contributed by atoms with Crippen LogP contribution in [0, 0.1) is 0 Å². The number of hydrogen-bond donors (Lipinski definition) is 0. The standard InChI is InChI=1S/C25H33N3/c1-2-9-23(10-3-1)26-15-17-27(18-16-26)25-11-6-14-28(20-25)24-13-12-21-7-4-5-8-22(21)19-24/h1-5,7-10,24-25H,6,11-20H2. The number of likely N-dealkylation sites (tertiary alicyclic amines) is 1. The molecule has 0 N–H and O–H groups in total. The number of nitrogens with zero attached hydrogens (tertiary/aromatic N) is 3. The summed E-state index contributed by atoms with van der Waals surface area (Å²) in [6, 6.07) is 21.5. The van der Waals surface area contributed by atoms with E-state index in [0.717, 1.165) is 25.2 Å². The molecule has 2 saturated heterocycles. The quantitative estimate of drug-likeness (QED) is 0.807. The van der Waals surface area contributed by atoms with E-state index in [1.54, 1.807) is 11.1 Å². The fourth-order valence-corrected chi connectivity index (χ4v) is 5.59. The van der Waals surface area contributed by atoms with E-state index in [0.29, 0.717) is 0 Å². The molecule has 0 saturated carbocycles. The van der Waals surface area contributed by atoms with Crippen LogP contribution in [0.5, 0.6) is 0 Å². The molecule has 3 heteroatoms. The van der Waals surface area contributed by atoms with Crippen LogP contribution < -0.4 is 4.90 Å². The largest absolute Gasteiger partial charge is 0.369 e. The van der Waals surface area contributed by atoms with Gasteiger partial charge in [0.05, 0.1) is 0 Å². The van der Waals surface area contributed by atoms with Gasteiger partial charge < -0.3 is 4.90 Å².